The van der Waals surface area contributed by atoms with Crippen LogP contribution in [0.15, 0.2) is 59.7 Å². The Hall–Kier alpha value is -2.99. The number of esters is 1. The molecule has 0 atom stereocenters. The van der Waals surface area contributed by atoms with Gasteiger partial charge in [0.05, 0.1) is 24.4 Å². The molecular weight excluding hydrogens is 320 g/mol. The molecule has 3 rings (SSSR count). The van der Waals surface area contributed by atoms with Crippen molar-refractivity contribution < 1.29 is 19.4 Å². The summed E-state index contributed by atoms with van der Waals surface area (Å²) in [6, 6.07) is 16.1. The fourth-order valence-corrected chi connectivity index (χ4v) is 2.55. The van der Waals surface area contributed by atoms with Gasteiger partial charge in [0.1, 0.15) is 0 Å². The summed E-state index contributed by atoms with van der Waals surface area (Å²) in [5.74, 6) is -0.965. The van der Waals surface area contributed by atoms with Gasteiger partial charge in [0.2, 0.25) is 0 Å². The Bertz CT molecular complexity index is 802. The number of hydrogen-bond donors (Lipinski definition) is 1. The van der Waals surface area contributed by atoms with Gasteiger partial charge in [0.15, 0.2) is 6.61 Å². The number of aliphatic hydroxyl groups is 1. The molecule has 6 nitrogen and oxygen atoms in total. The van der Waals surface area contributed by atoms with Crippen molar-refractivity contribution in [2.75, 3.05) is 13.2 Å². The fourth-order valence-electron chi connectivity index (χ4n) is 2.55. The van der Waals surface area contributed by atoms with Gasteiger partial charge >= 0.3 is 5.97 Å². The summed E-state index contributed by atoms with van der Waals surface area (Å²) in [5.41, 5.74) is 2.73. The van der Waals surface area contributed by atoms with Crippen LogP contribution < -0.4 is 0 Å². The number of hydrogen-bond acceptors (Lipinski definition) is 5. The van der Waals surface area contributed by atoms with E-state index in [4.69, 9.17) is 9.84 Å². The van der Waals surface area contributed by atoms with Crippen LogP contribution in [0.1, 0.15) is 27.9 Å². The van der Waals surface area contributed by atoms with E-state index in [9.17, 15) is 9.59 Å². The molecule has 2 aromatic carbocycles. The van der Waals surface area contributed by atoms with Crippen molar-refractivity contribution in [1.82, 2.24) is 5.01 Å². The first-order valence-corrected chi connectivity index (χ1v) is 7.97. The van der Waals surface area contributed by atoms with Crippen molar-refractivity contribution in [2.45, 2.75) is 13.0 Å². The van der Waals surface area contributed by atoms with Gasteiger partial charge < -0.3 is 9.84 Å². The van der Waals surface area contributed by atoms with Crippen molar-refractivity contribution in [3.8, 4) is 0 Å². The van der Waals surface area contributed by atoms with Gasteiger partial charge in [0.25, 0.3) is 5.91 Å². The first kappa shape index (κ1) is 16.9. The second-order valence-corrected chi connectivity index (χ2v) is 5.61. The second-order valence-electron chi connectivity index (χ2n) is 5.61. The number of carbonyl (C=O) groups excluding carboxylic acids is 2. The Morgan fingerprint density at radius 3 is 2.68 bits per heavy atom. The minimum absolute atomic E-state index is 0.162. The lowest BCUT2D eigenvalue weighted by Gasteiger charge is -2.11. The van der Waals surface area contributed by atoms with Crippen LogP contribution in [0.3, 0.4) is 0 Å². The van der Waals surface area contributed by atoms with Gasteiger partial charge in [-0.15, -0.1) is 0 Å². The highest BCUT2D eigenvalue weighted by Crippen LogP contribution is 2.14. The van der Waals surface area contributed by atoms with Gasteiger partial charge in [-0.25, -0.2) is 9.80 Å². The minimum atomic E-state index is -0.602. The van der Waals surface area contributed by atoms with E-state index in [2.05, 4.69) is 5.10 Å². The highest BCUT2D eigenvalue weighted by atomic mass is 16.5. The molecule has 2 aromatic rings. The Labute approximate surface area is 145 Å². The van der Waals surface area contributed by atoms with E-state index < -0.39 is 5.97 Å². The minimum Gasteiger partial charge on any atom is -0.452 e. The molecule has 1 heterocycles. The summed E-state index contributed by atoms with van der Waals surface area (Å²) in [6.07, 6.45) is 0.669. The first-order valence-electron chi connectivity index (χ1n) is 7.97. The van der Waals surface area contributed by atoms with Crippen LogP contribution in [-0.4, -0.2) is 40.9 Å². The molecule has 1 aliphatic rings. The SMILES string of the molecule is O=C(OCC(=O)N1CCC(c2ccccc2)=N1)c1cccc(CO)c1. The van der Waals surface area contributed by atoms with E-state index in [0.717, 1.165) is 11.3 Å². The third-order valence-corrected chi connectivity index (χ3v) is 3.87. The van der Waals surface area contributed by atoms with Crippen molar-refractivity contribution in [3.05, 3.63) is 71.3 Å². The zero-order chi connectivity index (χ0) is 17.6. The quantitative estimate of drug-likeness (QED) is 0.846. The van der Waals surface area contributed by atoms with Crippen molar-refractivity contribution in [3.63, 3.8) is 0 Å². The van der Waals surface area contributed by atoms with Gasteiger partial charge in [-0.2, -0.15) is 5.10 Å². The molecule has 128 valence electrons. The summed E-state index contributed by atoms with van der Waals surface area (Å²) in [4.78, 5) is 24.2. The molecule has 0 bridgehead atoms. The molecule has 0 radical (unpaired) electrons. The van der Waals surface area contributed by atoms with E-state index in [1.807, 2.05) is 30.3 Å². The summed E-state index contributed by atoms with van der Waals surface area (Å²) in [6.45, 7) is -0.0564. The maximum atomic E-state index is 12.2. The molecule has 1 amide bonds. The van der Waals surface area contributed by atoms with Crippen molar-refractivity contribution in [1.29, 1.82) is 0 Å². The van der Waals surface area contributed by atoms with E-state index >= 15 is 0 Å². The molecule has 0 saturated heterocycles. The number of nitrogens with zero attached hydrogens (tertiary/aromatic N) is 2. The Morgan fingerprint density at radius 2 is 1.92 bits per heavy atom. The lowest BCUT2D eigenvalue weighted by Crippen LogP contribution is -2.28. The molecular formula is C19H18N2O4. The van der Waals surface area contributed by atoms with Crippen LogP contribution in [-0.2, 0) is 16.1 Å². The van der Waals surface area contributed by atoms with Gasteiger partial charge in [-0.1, -0.05) is 42.5 Å². The van der Waals surface area contributed by atoms with Crippen LogP contribution in [0.25, 0.3) is 0 Å². The number of amides is 1. The van der Waals surface area contributed by atoms with Gasteiger partial charge in [0, 0.05) is 6.42 Å². The van der Waals surface area contributed by atoms with E-state index in [1.54, 1.807) is 18.2 Å². The Balaban J connectivity index is 1.58. The third-order valence-electron chi connectivity index (χ3n) is 3.87. The summed E-state index contributed by atoms with van der Waals surface area (Å²) < 4.78 is 5.06. The number of benzene rings is 2. The molecule has 1 aliphatic heterocycles. The molecule has 0 saturated carbocycles. The normalized spacial score (nSPS) is 13.5. The van der Waals surface area contributed by atoms with Crippen LogP contribution in [0.5, 0.6) is 0 Å². The third kappa shape index (κ3) is 4.10. The maximum Gasteiger partial charge on any atom is 0.338 e. The zero-order valence-corrected chi connectivity index (χ0v) is 13.6. The van der Waals surface area contributed by atoms with Crippen LogP contribution in [0.2, 0.25) is 0 Å². The standard InChI is InChI=1S/C19H18N2O4/c22-12-14-5-4-8-16(11-14)19(24)25-13-18(23)21-10-9-17(20-21)15-6-2-1-3-7-15/h1-8,11,22H,9-10,12-13H2. The largest absolute Gasteiger partial charge is 0.452 e. The van der Waals surface area contributed by atoms with E-state index in [0.29, 0.717) is 24.1 Å². The van der Waals surface area contributed by atoms with Gasteiger partial charge in [-0.05, 0) is 23.3 Å². The lowest BCUT2D eigenvalue weighted by molar-refractivity contribution is -0.134. The predicted molar refractivity (Wildman–Crippen MR) is 92.0 cm³/mol. The summed E-state index contributed by atoms with van der Waals surface area (Å²) >= 11 is 0. The number of carbonyl (C=O) groups is 2. The predicted octanol–water partition coefficient (Wildman–Crippen LogP) is 1.97. The molecule has 0 unspecified atom stereocenters. The zero-order valence-electron chi connectivity index (χ0n) is 13.6. The summed E-state index contributed by atoms with van der Waals surface area (Å²) in [7, 11) is 0. The van der Waals surface area contributed by atoms with Gasteiger partial charge in [-0.3, -0.25) is 4.79 Å². The summed E-state index contributed by atoms with van der Waals surface area (Å²) in [5, 5.41) is 14.7. The average Bonchev–Trinajstić information content (AvgIpc) is 3.17. The molecule has 1 N–H and O–H groups in total. The van der Waals surface area contributed by atoms with Crippen LogP contribution in [0, 0.1) is 0 Å². The van der Waals surface area contributed by atoms with Crippen LogP contribution >= 0.6 is 0 Å². The average molecular weight is 338 g/mol. The highest BCUT2D eigenvalue weighted by molar-refractivity contribution is 6.02. The monoisotopic (exact) mass is 338 g/mol. The molecule has 0 aromatic heterocycles. The maximum absolute atomic E-state index is 12.2. The fraction of sp³-hybridized carbons (Fsp3) is 0.211. The van der Waals surface area contributed by atoms with Crippen molar-refractivity contribution >= 4 is 17.6 Å². The molecule has 0 spiro atoms. The number of aliphatic hydroxyl groups excluding tert-OH is 1. The molecule has 6 heteroatoms. The molecule has 25 heavy (non-hydrogen) atoms. The van der Waals surface area contributed by atoms with Crippen LogP contribution in [0.4, 0.5) is 0 Å². The molecule has 0 fully saturated rings. The first-order chi connectivity index (χ1) is 12.2. The number of rotatable bonds is 5. The Morgan fingerprint density at radius 1 is 1.12 bits per heavy atom. The smallest absolute Gasteiger partial charge is 0.338 e. The topological polar surface area (TPSA) is 79.2 Å². The van der Waals surface area contributed by atoms with Crippen molar-refractivity contribution in [2.24, 2.45) is 5.10 Å². The number of ether oxygens (including phenoxy) is 1. The number of hydrazone groups is 1. The van der Waals surface area contributed by atoms with E-state index in [-0.39, 0.29) is 19.1 Å². The molecule has 0 aliphatic carbocycles. The second kappa shape index (κ2) is 7.72. The highest BCUT2D eigenvalue weighted by Gasteiger charge is 2.22. The Kier molecular flexibility index (Phi) is 5.20. The lowest BCUT2D eigenvalue weighted by atomic mass is 10.1. The van der Waals surface area contributed by atoms with E-state index in [1.165, 1.54) is 11.1 Å².